The van der Waals surface area contributed by atoms with E-state index < -0.39 is 10.9 Å². The fourth-order valence-electron chi connectivity index (χ4n) is 2.25. The summed E-state index contributed by atoms with van der Waals surface area (Å²) in [6.07, 6.45) is 0. The number of carboxylic acids is 1. The number of aliphatic carboxylic acids is 1. The van der Waals surface area contributed by atoms with Gasteiger partial charge in [-0.3, -0.25) is 30.6 Å². The minimum Gasteiger partial charge on any atom is -0.481 e. The Balaban J connectivity index is 2.38. The minimum absolute atomic E-state index is 0.0184. The Morgan fingerprint density at radius 1 is 1.24 bits per heavy atom. The Hall–Kier alpha value is -2.46. The highest BCUT2D eigenvalue weighted by Gasteiger charge is 2.19. The van der Waals surface area contributed by atoms with Crippen LogP contribution >= 0.6 is 27.7 Å². The maximum absolute atomic E-state index is 11.2. The van der Waals surface area contributed by atoms with Crippen LogP contribution in [-0.2, 0) is 11.3 Å². The molecule has 0 aliphatic heterocycles. The van der Waals surface area contributed by atoms with Crippen molar-refractivity contribution in [1.29, 1.82) is 10.8 Å². The van der Waals surface area contributed by atoms with Crippen molar-refractivity contribution in [2.45, 2.75) is 6.54 Å². The highest BCUT2D eigenvalue weighted by atomic mass is 79.9. The van der Waals surface area contributed by atoms with Gasteiger partial charge in [0.25, 0.3) is 5.69 Å². The van der Waals surface area contributed by atoms with Crippen LogP contribution in [0.15, 0.2) is 36.4 Å². The van der Waals surface area contributed by atoms with Crippen LogP contribution in [-0.4, -0.2) is 36.6 Å². The van der Waals surface area contributed by atoms with Crippen LogP contribution in [0, 0.1) is 20.9 Å². The summed E-state index contributed by atoms with van der Waals surface area (Å²) >= 11 is 3.79. The molecule has 8 nitrogen and oxygen atoms in total. The van der Waals surface area contributed by atoms with E-state index in [9.17, 15) is 14.9 Å². The van der Waals surface area contributed by atoms with Gasteiger partial charge in [0.05, 0.1) is 22.6 Å². The maximum Gasteiger partial charge on any atom is 0.313 e. The van der Waals surface area contributed by atoms with Gasteiger partial charge in [0.2, 0.25) is 0 Å². The van der Waals surface area contributed by atoms with Crippen LogP contribution in [0.3, 0.4) is 0 Å². The van der Waals surface area contributed by atoms with Gasteiger partial charge in [-0.15, -0.1) is 0 Å². The Morgan fingerprint density at radius 3 is 2.44 bits per heavy atom. The molecule has 0 saturated carbocycles. The first kappa shape index (κ1) is 18.9. The van der Waals surface area contributed by atoms with Crippen LogP contribution in [0.5, 0.6) is 0 Å². The normalized spacial score (nSPS) is 10.4. The molecule has 0 heterocycles. The second kappa shape index (κ2) is 8.08. The van der Waals surface area contributed by atoms with Gasteiger partial charge in [0, 0.05) is 6.07 Å². The molecule has 10 heteroatoms. The van der Waals surface area contributed by atoms with Gasteiger partial charge in [-0.25, -0.2) is 0 Å². The fourth-order valence-corrected chi connectivity index (χ4v) is 3.24. The van der Waals surface area contributed by atoms with Crippen molar-refractivity contribution in [2.24, 2.45) is 0 Å². The van der Waals surface area contributed by atoms with Crippen LogP contribution in [0.2, 0.25) is 0 Å². The number of hydrogen-bond acceptors (Lipinski definition) is 6. The molecule has 0 spiro atoms. The molecule has 2 rings (SSSR count). The quantitative estimate of drug-likeness (QED) is 0.220. The standard InChI is InChI=1S/C15H13BrN4O4S/c16-14(17)19(15(18)25-8-13(21)22)7-9-5-6-12(20(23)24)11-4-2-1-3-10(9)11/h1-6,17-18H,7-8H2,(H,21,22). The zero-order valence-corrected chi connectivity index (χ0v) is 15.1. The Labute approximate surface area is 155 Å². The second-order valence-corrected chi connectivity index (χ2v) is 6.63. The first-order valence-corrected chi connectivity index (χ1v) is 8.69. The first-order chi connectivity index (χ1) is 11.8. The third-order valence-corrected chi connectivity index (χ3v) is 4.64. The van der Waals surface area contributed by atoms with E-state index in [4.69, 9.17) is 15.9 Å². The molecular weight excluding hydrogens is 412 g/mol. The van der Waals surface area contributed by atoms with Crippen molar-refractivity contribution in [1.82, 2.24) is 4.90 Å². The summed E-state index contributed by atoms with van der Waals surface area (Å²) in [4.78, 5) is 22.7. The molecule has 0 aliphatic carbocycles. The molecule has 0 fully saturated rings. The van der Waals surface area contributed by atoms with Crippen LogP contribution in [0.25, 0.3) is 10.8 Å². The van der Waals surface area contributed by atoms with Crippen molar-refractivity contribution in [3.05, 3.63) is 52.1 Å². The lowest BCUT2D eigenvalue weighted by Crippen LogP contribution is -2.31. The lowest BCUT2D eigenvalue weighted by atomic mass is 10.0. The lowest BCUT2D eigenvalue weighted by molar-refractivity contribution is -0.383. The smallest absolute Gasteiger partial charge is 0.313 e. The Morgan fingerprint density at radius 2 is 1.88 bits per heavy atom. The molecule has 0 atom stereocenters. The zero-order valence-electron chi connectivity index (χ0n) is 12.7. The van der Waals surface area contributed by atoms with Crippen LogP contribution < -0.4 is 0 Å². The number of nitro groups is 1. The van der Waals surface area contributed by atoms with Gasteiger partial charge in [0.15, 0.2) is 9.91 Å². The molecule has 0 amide bonds. The average molecular weight is 425 g/mol. The highest BCUT2D eigenvalue weighted by Crippen LogP contribution is 2.29. The van der Waals surface area contributed by atoms with Gasteiger partial charge in [-0.2, -0.15) is 0 Å². The number of thioether (sulfide) groups is 1. The van der Waals surface area contributed by atoms with Crippen molar-refractivity contribution >= 4 is 60.0 Å². The minimum atomic E-state index is -1.06. The topological polar surface area (TPSA) is 131 Å². The van der Waals surface area contributed by atoms with E-state index in [2.05, 4.69) is 15.9 Å². The van der Waals surface area contributed by atoms with Gasteiger partial charge in [0.1, 0.15) is 0 Å². The highest BCUT2D eigenvalue weighted by molar-refractivity contribution is 9.18. The number of carboxylic acid groups (broad SMARTS) is 1. The molecule has 3 N–H and O–H groups in total. The van der Waals surface area contributed by atoms with Gasteiger partial charge in [-0.1, -0.05) is 30.0 Å². The molecule has 0 aromatic heterocycles. The predicted molar refractivity (Wildman–Crippen MR) is 101 cm³/mol. The second-order valence-electron chi connectivity index (χ2n) is 4.91. The zero-order chi connectivity index (χ0) is 18.6. The van der Waals surface area contributed by atoms with Gasteiger partial charge >= 0.3 is 5.97 Å². The number of amidine groups is 2. The molecule has 0 saturated heterocycles. The number of nitrogens with zero attached hydrogens (tertiary/aromatic N) is 2. The summed E-state index contributed by atoms with van der Waals surface area (Å²) in [5.41, 5.74) is 0.668. The summed E-state index contributed by atoms with van der Waals surface area (Å²) in [5, 5.41) is 36.7. The molecule has 0 aliphatic rings. The van der Waals surface area contributed by atoms with Gasteiger partial charge in [-0.05, 0) is 39.0 Å². The average Bonchev–Trinajstić information content (AvgIpc) is 2.56. The van der Waals surface area contributed by atoms with E-state index >= 15 is 0 Å². The number of nitro benzene ring substituents is 1. The molecule has 130 valence electrons. The van der Waals surface area contributed by atoms with E-state index in [0.717, 1.165) is 11.8 Å². The van der Waals surface area contributed by atoms with E-state index in [0.29, 0.717) is 16.3 Å². The van der Waals surface area contributed by atoms with Crippen molar-refractivity contribution in [3.8, 4) is 0 Å². The van der Waals surface area contributed by atoms with Crippen molar-refractivity contribution in [3.63, 3.8) is 0 Å². The molecule has 0 bridgehead atoms. The SMILES string of the molecule is N=C(Br)N(Cc1ccc([N+](=O)[O-])c2ccccc12)C(=N)SCC(=O)O. The number of hydrogen-bond donors (Lipinski definition) is 3. The van der Waals surface area contributed by atoms with E-state index in [1.54, 1.807) is 30.3 Å². The van der Waals surface area contributed by atoms with Crippen LogP contribution in [0.4, 0.5) is 5.69 Å². The van der Waals surface area contributed by atoms with E-state index in [-0.39, 0.29) is 27.9 Å². The van der Waals surface area contributed by atoms with Crippen LogP contribution in [0.1, 0.15) is 5.56 Å². The molecule has 2 aromatic rings. The maximum atomic E-state index is 11.2. The van der Waals surface area contributed by atoms with E-state index in [1.165, 1.54) is 11.0 Å². The molecule has 25 heavy (non-hydrogen) atoms. The summed E-state index contributed by atoms with van der Waals surface area (Å²) in [6, 6.07) is 9.81. The third kappa shape index (κ3) is 4.54. The molecule has 0 unspecified atom stereocenters. The predicted octanol–water partition coefficient (Wildman–Crippen LogP) is 3.63. The first-order valence-electron chi connectivity index (χ1n) is 6.91. The number of nitrogens with one attached hydrogen (secondary N) is 2. The van der Waals surface area contributed by atoms with Crippen molar-refractivity contribution in [2.75, 3.05) is 5.75 Å². The van der Waals surface area contributed by atoms with E-state index in [1.807, 2.05) is 0 Å². The lowest BCUT2D eigenvalue weighted by Gasteiger charge is -2.22. The number of carbonyl (C=O) groups is 1. The van der Waals surface area contributed by atoms with Gasteiger partial charge < -0.3 is 5.11 Å². The number of halogens is 1. The monoisotopic (exact) mass is 424 g/mol. The van der Waals surface area contributed by atoms with Crippen molar-refractivity contribution < 1.29 is 14.8 Å². The number of fused-ring (bicyclic) bond motifs is 1. The summed E-state index contributed by atoms with van der Waals surface area (Å²) in [7, 11) is 0. The Bertz CT molecular complexity index is 874. The largest absolute Gasteiger partial charge is 0.481 e. The number of non-ortho nitro benzene ring substituents is 1. The fraction of sp³-hybridized carbons (Fsp3) is 0.133. The number of rotatable bonds is 5. The summed E-state index contributed by atoms with van der Waals surface area (Å²) < 4.78 is -0.0992. The molecule has 0 radical (unpaired) electrons. The Kier molecular flexibility index (Phi) is 6.10. The summed E-state index contributed by atoms with van der Waals surface area (Å²) in [5.74, 6) is -1.35. The molecular formula is C15H13BrN4O4S. The summed E-state index contributed by atoms with van der Waals surface area (Å²) in [6.45, 7) is 0.105. The third-order valence-electron chi connectivity index (χ3n) is 3.33. The molecule has 2 aromatic carbocycles. The number of benzene rings is 2.